The van der Waals surface area contributed by atoms with Gasteiger partial charge in [-0.05, 0) is 81.5 Å². The molecule has 0 heterocycles. The molecule has 2 saturated carbocycles. The largest absolute Gasteiger partial charge is 0.490 e. The topological polar surface area (TPSA) is 18.5 Å². The first-order chi connectivity index (χ1) is 10.7. The molecule has 2 aliphatic rings. The van der Waals surface area contributed by atoms with E-state index in [1.54, 1.807) is 0 Å². The van der Waals surface area contributed by atoms with Gasteiger partial charge in [-0.3, -0.25) is 0 Å². The van der Waals surface area contributed by atoms with Gasteiger partial charge in [0.25, 0.3) is 0 Å². The fraction of sp³-hybridized carbons (Fsp3) is 0.700. The average molecular weight is 302 g/mol. The van der Waals surface area contributed by atoms with E-state index in [0.29, 0.717) is 12.2 Å². The monoisotopic (exact) mass is 302 g/mol. The van der Waals surface area contributed by atoms with Crippen molar-refractivity contribution in [2.24, 2.45) is 5.92 Å². The first kappa shape index (κ1) is 15.9. The van der Waals surface area contributed by atoms with Crippen molar-refractivity contribution >= 4 is 0 Å². The lowest BCUT2D eigenvalue weighted by molar-refractivity contribution is 0.0489. The lowest BCUT2D eigenvalue weighted by Crippen LogP contribution is -2.14. The highest BCUT2D eigenvalue weighted by Gasteiger charge is 2.26. The number of aryl methyl sites for hydroxylation is 2. The summed E-state index contributed by atoms with van der Waals surface area (Å²) in [5, 5.41) is 0. The van der Waals surface area contributed by atoms with Gasteiger partial charge in [0.1, 0.15) is 5.75 Å². The predicted octanol–water partition coefficient (Wildman–Crippen LogP) is 5.20. The minimum absolute atomic E-state index is 0.401. The van der Waals surface area contributed by atoms with E-state index in [4.69, 9.17) is 9.47 Å². The lowest BCUT2D eigenvalue weighted by atomic mass is 10.0. The molecule has 0 bridgehead atoms. The Morgan fingerprint density at radius 1 is 0.955 bits per heavy atom. The number of benzene rings is 1. The van der Waals surface area contributed by atoms with Crippen LogP contribution in [0.1, 0.15) is 62.5 Å². The van der Waals surface area contributed by atoms with Gasteiger partial charge < -0.3 is 9.47 Å². The minimum Gasteiger partial charge on any atom is -0.490 e. The molecule has 2 fully saturated rings. The van der Waals surface area contributed by atoms with Gasteiger partial charge in [0.15, 0.2) is 0 Å². The Morgan fingerprint density at radius 2 is 1.77 bits per heavy atom. The molecular formula is C20H30O2. The van der Waals surface area contributed by atoms with E-state index in [-0.39, 0.29) is 0 Å². The molecule has 0 aromatic heterocycles. The Bertz CT molecular complexity index is 477. The minimum atomic E-state index is 0.401. The van der Waals surface area contributed by atoms with Gasteiger partial charge in [0.2, 0.25) is 0 Å². The zero-order valence-corrected chi connectivity index (χ0v) is 14.1. The molecule has 0 aliphatic heterocycles. The molecule has 1 aromatic rings. The highest BCUT2D eigenvalue weighted by atomic mass is 16.5. The van der Waals surface area contributed by atoms with Crippen molar-refractivity contribution in [3.63, 3.8) is 0 Å². The second-order valence-corrected chi connectivity index (χ2v) is 7.23. The number of hydrogen-bond acceptors (Lipinski definition) is 2. The summed E-state index contributed by atoms with van der Waals surface area (Å²) in [4.78, 5) is 0. The summed E-state index contributed by atoms with van der Waals surface area (Å²) in [5.74, 6) is 1.83. The van der Waals surface area contributed by atoms with Crippen LogP contribution in [0.3, 0.4) is 0 Å². The molecule has 2 aliphatic carbocycles. The third kappa shape index (κ3) is 4.25. The summed E-state index contributed by atoms with van der Waals surface area (Å²) in [6.07, 6.45) is 11.1. The third-order valence-electron chi connectivity index (χ3n) is 5.46. The predicted molar refractivity (Wildman–Crippen MR) is 90.5 cm³/mol. The van der Waals surface area contributed by atoms with Crippen molar-refractivity contribution < 1.29 is 9.47 Å². The molecule has 2 nitrogen and oxygen atoms in total. The highest BCUT2D eigenvalue weighted by molar-refractivity contribution is 5.33. The van der Waals surface area contributed by atoms with E-state index in [9.17, 15) is 0 Å². The van der Waals surface area contributed by atoms with Gasteiger partial charge in [-0.15, -0.1) is 0 Å². The molecule has 0 saturated heterocycles. The van der Waals surface area contributed by atoms with Crippen molar-refractivity contribution in [2.45, 2.75) is 77.4 Å². The van der Waals surface area contributed by atoms with Crippen molar-refractivity contribution in [3.8, 4) is 5.75 Å². The zero-order chi connectivity index (χ0) is 15.4. The Hall–Kier alpha value is -1.02. The van der Waals surface area contributed by atoms with Crippen LogP contribution < -0.4 is 4.74 Å². The molecule has 1 aromatic carbocycles. The van der Waals surface area contributed by atoms with Crippen molar-refractivity contribution in [1.82, 2.24) is 0 Å². The highest BCUT2D eigenvalue weighted by Crippen LogP contribution is 2.32. The Labute approximate surface area is 135 Å². The van der Waals surface area contributed by atoms with E-state index in [1.807, 2.05) is 0 Å². The summed E-state index contributed by atoms with van der Waals surface area (Å²) < 4.78 is 12.2. The molecule has 0 amide bonds. The van der Waals surface area contributed by atoms with E-state index < -0.39 is 0 Å². The molecule has 2 atom stereocenters. The smallest absolute Gasteiger partial charge is 0.119 e. The second-order valence-electron chi connectivity index (χ2n) is 7.23. The SMILES string of the molecule is Cc1ccc(OC2CCC(CCOC3CCCC3)C2)cc1C. The zero-order valence-electron chi connectivity index (χ0n) is 14.1. The molecule has 0 N–H and O–H groups in total. The molecule has 122 valence electrons. The average Bonchev–Trinajstić information content (AvgIpc) is 3.15. The van der Waals surface area contributed by atoms with Crippen LogP contribution in [0.2, 0.25) is 0 Å². The molecule has 3 rings (SSSR count). The Balaban J connectivity index is 1.39. The van der Waals surface area contributed by atoms with Crippen LogP contribution in [0.4, 0.5) is 0 Å². The Kier molecular flexibility index (Phi) is 5.41. The van der Waals surface area contributed by atoms with E-state index in [1.165, 1.54) is 62.5 Å². The molecule has 22 heavy (non-hydrogen) atoms. The first-order valence-corrected chi connectivity index (χ1v) is 9.06. The fourth-order valence-electron chi connectivity index (χ4n) is 3.83. The second kappa shape index (κ2) is 7.50. The van der Waals surface area contributed by atoms with Gasteiger partial charge in [-0.1, -0.05) is 18.9 Å². The van der Waals surface area contributed by atoms with Crippen LogP contribution in [0.15, 0.2) is 18.2 Å². The van der Waals surface area contributed by atoms with Gasteiger partial charge in [0, 0.05) is 6.61 Å². The lowest BCUT2D eigenvalue weighted by Gasteiger charge is -2.16. The summed E-state index contributed by atoms with van der Waals surface area (Å²) in [7, 11) is 0. The molecule has 2 unspecified atom stereocenters. The van der Waals surface area contributed by atoms with Crippen LogP contribution in [-0.2, 0) is 4.74 Å². The van der Waals surface area contributed by atoms with Crippen LogP contribution in [0, 0.1) is 19.8 Å². The molecule has 0 spiro atoms. The van der Waals surface area contributed by atoms with Gasteiger partial charge in [0.05, 0.1) is 12.2 Å². The summed E-state index contributed by atoms with van der Waals surface area (Å²) in [6.45, 7) is 5.25. The van der Waals surface area contributed by atoms with Crippen molar-refractivity contribution in [3.05, 3.63) is 29.3 Å². The molecule has 0 radical (unpaired) electrons. The summed E-state index contributed by atoms with van der Waals surface area (Å²) in [5.41, 5.74) is 2.65. The van der Waals surface area contributed by atoms with Gasteiger partial charge in [-0.2, -0.15) is 0 Å². The maximum atomic E-state index is 6.18. The normalized spacial score (nSPS) is 25.7. The maximum Gasteiger partial charge on any atom is 0.119 e. The first-order valence-electron chi connectivity index (χ1n) is 9.06. The van der Waals surface area contributed by atoms with Crippen LogP contribution >= 0.6 is 0 Å². The quantitative estimate of drug-likeness (QED) is 0.719. The molecule has 2 heteroatoms. The summed E-state index contributed by atoms with van der Waals surface area (Å²) in [6, 6.07) is 6.44. The number of hydrogen-bond donors (Lipinski definition) is 0. The maximum absolute atomic E-state index is 6.18. The number of ether oxygens (including phenoxy) is 2. The standard InChI is InChI=1S/C20H30O2/c1-15-7-9-19(13-16(15)2)22-20-10-8-17(14-20)11-12-21-18-5-3-4-6-18/h7,9,13,17-18,20H,3-6,8,10-12,14H2,1-2H3. The fourth-order valence-corrected chi connectivity index (χ4v) is 3.83. The summed E-state index contributed by atoms with van der Waals surface area (Å²) >= 11 is 0. The van der Waals surface area contributed by atoms with Crippen LogP contribution in [-0.4, -0.2) is 18.8 Å². The van der Waals surface area contributed by atoms with E-state index >= 15 is 0 Å². The third-order valence-corrected chi connectivity index (χ3v) is 5.46. The van der Waals surface area contributed by atoms with Gasteiger partial charge in [-0.25, -0.2) is 0 Å². The van der Waals surface area contributed by atoms with Gasteiger partial charge >= 0.3 is 0 Å². The van der Waals surface area contributed by atoms with Crippen LogP contribution in [0.5, 0.6) is 5.75 Å². The number of rotatable bonds is 6. The van der Waals surface area contributed by atoms with Crippen molar-refractivity contribution in [1.29, 1.82) is 0 Å². The van der Waals surface area contributed by atoms with Crippen molar-refractivity contribution in [2.75, 3.05) is 6.61 Å². The van der Waals surface area contributed by atoms with E-state index in [0.717, 1.165) is 18.3 Å². The van der Waals surface area contributed by atoms with Crippen LogP contribution in [0.25, 0.3) is 0 Å². The molecular weight excluding hydrogens is 272 g/mol. The Morgan fingerprint density at radius 3 is 2.55 bits per heavy atom. The van der Waals surface area contributed by atoms with E-state index in [2.05, 4.69) is 32.0 Å².